The molecule has 0 radical (unpaired) electrons. The number of unbranched alkanes of at least 4 members (excludes halogenated alkanes) is 1. The Bertz CT molecular complexity index is 2030. The van der Waals surface area contributed by atoms with Gasteiger partial charge in [0.15, 0.2) is 5.82 Å². The number of fused-ring (bicyclic) bond motifs is 8. The first-order valence-electron chi connectivity index (χ1n) is 23.2. The zero-order chi connectivity index (χ0) is 41.8. The second-order valence-corrected chi connectivity index (χ2v) is 21.0. The van der Waals surface area contributed by atoms with Gasteiger partial charge < -0.3 is 15.0 Å². The average molecular weight is 830 g/mol. The topological polar surface area (TPSA) is 135 Å². The van der Waals surface area contributed by atoms with Gasteiger partial charge in [0.1, 0.15) is 11.3 Å². The van der Waals surface area contributed by atoms with Crippen LogP contribution in [0.15, 0.2) is 35.9 Å². The van der Waals surface area contributed by atoms with Gasteiger partial charge >= 0.3 is 7.82 Å². The van der Waals surface area contributed by atoms with Crippen LogP contribution in [-0.4, -0.2) is 47.1 Å². The number of nitrogens with two attached hydrogens (primary N) is 1. The van der Waals surface area contributed by atoms with Crippen molar-refractivity contribution in [3.63, 3.8) is 0 Å². The third-order valence-corrected chi connectivity index (χ3v) is 16.9. The molecule has 9 atom stereocenters. The van der Waals surface area contributed by atoms with Crippen LogP contribution in [0.25, 0.3) is 21.9 Å². The van der Waals surface area contributed by atoms with Crippen molar-refractivity contribution in [2.24, 2.45) is 46.3 Å². The highest BCUT2D eigenvalue weighted by molar-refractivity contribution is 7.48. The molecular weight excluding hydrogens is 758 g/mol. The molecular formula is C48H72N5O5P. The van der Waals surface area contributed by atoms with Crippen molar-refractivity contribution in [1.29, 1.82) is 5.26 Å². The van der Waals surface area contributed by atoms with E-state index in [4.69, 9.17) is 34.3 Å². The number of para-hydroxylation sites is 1. The molecule has 2 aromatic heterocycles. The standard InChI is InChI=1S/C48H72N5O5P/c1-7-8-17-43-52-44-45(38-15-9-10-16-42(38)51-46(44)50)53(43)27-29-57-59(54,56-28-12-26-49)58-31-30-55-36-22-24-47(5)35(32-36)18-19-37-40-21-20-39(34(4)14-11-13-33(2)3)48(40,6)25-23-41(37)47/h9-10,15-16,18,33-34,36-37,39-41H,7-8,11-14,17,19-25,27-32H2,1-6H3,(H2,50,51)/t34-,36+,37+,39-,40+,41+,47+,48-,59?/m1/s1. The molecule has 0 amide bonds. The summed E-state index contributed by atoms with van der Waals surface area (Å²) >= 11 is 0. The SMILES string of the molecule is CCCCc1nc2c(N)nc3ccccc3c2n1CCOP(=O)(OCCC#N)OCCO[C@H]1CC[C@@]2(C)C(=CC[C@H]3[C@@H]4CC[C@H]([C@H](C)CCCC(C)C)[C@@]4(C)CC[C@@H]32)C1. The van der Waals surface area contributed by atoms with E-state index in [0.717, 1.165) is 96.3 Å². The lowest BCUT2D eigenvalue weighted by atomic mass is 9.47. The van der Waals surface area contributed by atoms with E-state index in [9.17, 15) is 4.57 Å². The second-order valence-electron chi connectivity index (χ2n) is 19.4. The number of nitriles is 1. The summed E-state index contributed by atoms with van der Waals surface area (Å²) in [4.78, 5) is 9.49. The van der Waals surface area contributed by atoms with Crippen LogP contribution in [0.1, 0.15) is 137 Å². The van der Waals surface area contributed by atoms with Gasteiger partial charge in [-0.2, -0.15) is 5.26 Å². The largest absolute Gasteiger partial charge is 0.474 e. The third-order valence-electron chi connectivity index (χ3n) is 15.4. The van der Waals surface area contributed by atoms with Gasteiger partial charge in [-0.1, -0.05) is 97.1 Å². The number of allylic oxidation sites excluding steroid dienone is 1. The molecule has 3 saturated carbocycles. The lowest BCUT2D eigenvalue weighted by molar-refractivity contribution is -0.0659. The Labute approximate surface area is 354 Å². The number of nitrogens with zero attached hydrogens (tertiary/aromatic N) is 4. The van der Waals surface area contributed by atoms with Crippen molar-refractivity contribution in [3.8, 4) is 6.07 Å². The monoisotopic (exact) mass is 830 g/mol. The highest BCUT2D eigenvalue weighted by Gasteiger charge is 2.59. The number of phosphoric acid groups is 1. The predicted molar refractivity (Wildman–Crippen MR) is 237 cm³/mol. The molecule has 2 N–H and O–H groups in total. The maximum absolute atomic E-state index is 14.0. The summed E-state index contributed by atoms with van der Waals surface area (Å²) in [5, 5.41) is 10.1. The van der Waals surface area contributed by atoms with Crippen LogP contribution in [0.4, 0.5) is 5.82 Å². The van der Waals surface area contributed by atoms with Crippen LogP contribution in [0.3, 0.4) is 0 Å². The molecule has 4 aliphatic carbocycles. The molecule has 3 fully saturated rings. The van der Waals surface area contributed by atoms with Gasteiger partial charge in [-0.15, -0.1) is 0 Å². The van der Waals surface area contributed by atoms with Crippen molar-refractivity contribution >= 4 is 35.6 Å². The maximum atomic E-state index is 14.0. The Hall–Kier alpha value is -2.80. The number of aryl methyl sites for hydroxylation is 1. The molecule has 10 nitrogen and oxygen atoms in total. The number of rotatable bonds is 20. The first-order valence-corrected chi connectivity index (χ1v) is 24.6. The number of imidazole rings is 1. The average Bonchev–Trinajstić information content (AvgIpc) is 3.77. The van der Waals surface area contributed by atoms with Gasteiger partial charge in [0.25, 0.3) is 0 Å². The van der Waals surface area contributed by atoms with Crippen LogP contribution in [0.5, 0.6) is 0 Å². The highest BCUT2D eigenvalue weighted by Crippen LogP contribution is 2.67. The van der Waals surface area contributed by atoms with Gasteiger partial charge in [0.05, 0.1) is 56.1 Å². The fourth-order valence-corrected chi connectivity index (χ4v) is 13.5. The summed E-state index contributed by atoms with van der Waals surface area (Å²) in [6.45, 7) is 15.4. The Morgan fingerprint density at radius 3 is 2.56 bits per heavy atom. The summed E-state index contributed by atoms with van der Waals surface area (Å²) in [6.07, 6.45) is 19.6. The molecule has 0 bridgehead atoms. The zero-order valence-corrected chi connectivity index (χ0v) is 37.8. The summed E-state index contributed by atoms with van der Waals surface area (Å²) in [5.74, 6) is 6.20. The Balaban J connectivity index is 0.942. The van der Waals surface area contributed by atoms with E-state index in [1.165, 1.54) is 51.4 Å². The normalized spacial score (nSPS) is 29.5. The minimum Gasteiger partial charge on any atom is -0.382 e. The van der Waals surface area contributed by atoms with E-state index in [1.54, 1.807) is 5.57 Å². The van der Waals surface area contributed by atoms with Crippen molar-refractivity contribution in [2.45, 2.75) is 151 Å². The Morgan fingerprint density at radius 1 is 0.966 bits per heavy atom. The van der Waals surface area contributed by atoms with Crippen LogP contribution in [0, 0.1) is 57.7 Å². The molecule has 3 aromatic rings. The zero-order valence-electron chi connectivity index (χ0n) is 36.9. The smallest absolute Gasteiger partial charge is 0.382 e. The van der Waals surface area contributed by atoms with E-state index < -0.39 is 7.82 Å². The second kappa shape index (κ2) is 19.1. The van der Waals surface area contributed by atoms with Gasteiger partial charge in [0, 0.05) is 18.4 Å². The summed E-state index contributed by atoms with van der Waals surface area (Å²) in [5.41, 5.74) is 11.1. The fourth-order valence-electron chi connectivity index (χ4n) is 12.4. The molecule has 11 heteroatoms. The summed E-state index contributed by atoms with van der Waals surface area (Å²) in [7, 11) is -3.99. The van der Waals surface area contributed by atoms with Crippen molar-refractivity contribution in [2.75, 3.05) is 32.2 Å². The number of anilines is 1. The first-order chi connectivity index (χ1) is 28.4. The van der Waals surface area contributed by atoms with Crippen LogP contribution < -0.4 is 5.73 Å². The van der Waals surface area contributed by atoms with Crippen molar-refractivity contribution in [1.82, 2.24) is 14.5 Å². The van der Waals surface area contributed by atoms with Gasteiger partial charge in [0.2, 0.25) is 0 Å². The number of ether oxygens (including phenoxy) is 1. The highest BCUT2D eigenvalue weighted by atomic mass is 31.2. The quantitative estimate of drug-likeness (QED) is 0.0671. The van der Waals surface area contributed by atoms with E-state index in [0.29, 0.717) is 29.9 Å². The number of hydrogen-bond donors (Lipinski definition) is 1. The lowest BCUT2D eigenvalue weighted by Gasteiger charge is -2.58. The van der Waals surface area contributed by atoms with Crippen LogP contribution in [-0.2, 0) is 35.8 Å². The van der Waals surface area contributed by atoms with Crippen molar-refractivity contribution in [3.05, 3.63) is 41.7 Å². The maximum Gasteiger partial charge on any atom is 0.474 e. The summed E-state index contributed by atoms with van der Waals surface area (Å²) in [6, 6.07) is 9.93. The number of aromatic nitrogens is 3. The number of benzene rings is 1. The van der Waals surface area contributed by atoms with Crippen LogP contribution >= 0.6 is 7.82 Å². The van der Waals surface area contributed by atoms with Gasteiger partial charge in [-0.05, 0) is 110 Å². The number of hydrogen-bond acceptors (Lipinski definition) is 9. The number of pyridine rings is 1. The van der Waals surface area contributed by atoms with E-state index in [1.807, 2.05) is 24.3 Å². The predicted octanol–water partition coefficient (Wildman–Crippen LogP) is 12.0. The molecule has 324 valence electrons. The molecule has 0 aliphatic heterocycles. The minimum atomic E-state index is -3.99. The molecule has 0 spiro atoms. The van der Waals surface area contributed by atoms with Gasteiger partial charge in [-0.25, -0.2) is 14.5 Å². The first kappa shape index (κ1) is 44.3. The lowest BCUT2D eigenvalue weighted by Crippen LogP contribution is -2.51. The molecule has 7 rings (SSSR count). The molecule has 4 aliphatic rings. The third kappa shape index (κ3) is 9.36. The van der Waals surface area contributed by atoms with E-state index in [2.05, 4.69) is 63.2 Å². The van der Waals surface area contributed by atoms with E-state index >= 15 is 0 Å². The number of phosphoric ester groups is 1. The Kier molecular flexibility index (Phi) is 14.3. The van der Waals surface area contributed by atoms with Crippen molar-refractivity contribution < 1.29 is 22.9 Å². The molecule has 0 saturated heterocycles. The fraction of sp³-hybridized carbons (Fsp3) is 0.729. The Morgan fingerprint density at radius 2 is 1.76 bits per heavy atom. The molecule has 59 heavy (non-hydrogen) atoms. The van der Waals surface area contributed by atoms with Crippen LogP contribution in [0.2, 0.25) is 0 Å². The van der Waals surface area contributed by atoms with Gasteiger partial charge in [-0.3, -0.25) is 13.6 Å². The molecule has 2 heterocycles. The minimum absolute atomic E-state index is 0.0489. The summed E-state index contributed by atoms with van der Waals surface area (Å²) < 4.78 is 40.0. The van der Waals surface area contributed by atoms with E-state index in [-0.39, 0.29) is 37.8 Å². The molecule has 1 aromatic carbocycles. The number of nitrogen functional groups attached to an aromatic ring is 1. The molecule has 1 unspecified atom stereocenters.